The van der Waals surface area contributed by atoms with Crippen LogP contribution in [0.15, 0.2) is 46.8 Å². The van der Waals surface area contributed by atoms with Crippen LogP contribution in [0.3, 0.4) is 0 Å². The molecule has 0 atom stereocenters. The van der Waals surface area contributed by atoms with Crippen molar-refractivity contribution >= 4 is 47.2 Å². The predicted octanol–water partition coefficient (Wildman–Crippen LogP) is 3.35. The van der Waals surface area contributed by atoms with E-state index in [1.54, 1.807) is 18.4 Å². The fraction of sp³-hybridized carbons (Fsp3) is 0.368. The third-order valence-corrected chi connectivity index (χ3v) is 5.11. The van der Waals surface area contributed by atoms with Crippen LogP contribution in [0.1, 0.15) is 28.8 Å². The molecule has 2 heterocycles. The number of aliphatic imine (C=N–C) groups is 1. The van der Waals surface area contributed by atoms with Crippen LogP contribution >= 0.6 is 35.3 Å². The molecule has 1 aromatic heterocycles. The molecule has 0 bridgehead atoms. The van der Waals surface area contributed by atoms with E-state index in [9.17, 15) is 4.79 Å². The summed E-state index contributed by atoms with van der Waals surface area (Å²) in [6, 6.07) is 12.5. The summed E-state index contributed by atoms with van der Waals surface area (Å²) < 4.78 is 0. The molecule has 1 amide bonds. The van der Waals surface area contributed by atoms with Crippen molar-refractivity contribution in [2.75, 3.05) is 13.6 Å². The first kappa shape index (κ1) is 20.7. The molecule has 1 fully saturated rings. The van der Waals surface area contributed by atoms with Gasteiger partial charge in [-0.1, -0.05) is 30.3 Å². The van der Waals surface area contributed by atoms with E-state index in [0.29, 0.717) is 19.5 Å². The number of guanidine groups is 1. The summed E-state index contributed by atoms with van der Waals surface area (Å²) in [6.07, 6.45) is 1.67. The molecule has 0 spiro atoms. The Labute approximate surface area is 175 Å². The van der Waals surface area contributed by atoms with E-state index in [-0.39, 0.29) is 29.9 Å². The van der Waals surface area contributed by atoms with Gasteiger partial charge in [-0.05, 0) is 29.0 Å². The molecule has 2 N–H and O–H groups in total. The van der Waals surface area contributed by atoms with Gasteiger partial charge in [0.05, 0.1) is 6.54 Å². The minimum atomic E-state index is 0. The Balaban J connectivity index is 0.00000243. The van der Waals surface area contributed by atoms with Crippen molar-refractivity contribution in [3.8, 4) is 0 Å². The van der Waals surface area contributed by atoms with Gasteiger partial charge in [-0.2, -0.15) is 0 Å². The second kappa shape index (κ2) is 10.5. The largest absolute Gasteiger partial charge is 0.352 e. The number of halogens is 1. The number of benzene rings is 1. The van der Waals surface area contributed by atoms with Crippen molar-refractivity contribution < 1.29 is 4.79 Å². The van der Waals surface area contributed by atoms with Gasteiger partial charge < -0.3 is 15.5 Å². The van der Waals surface area contributed by atoms with Crippen LogP contribution in [0.4, 0.5) is 0 Å². The summed E-state index contributed by atoms with van der Waals surface area (Å²) in [5.41, 5.74) is 2.36. The molecule has 0 saturated carbocycles. The third-order valence-electron chi connectivity index (χ3n) is 4.23. The molecule has 140 valence electrons. The normalized spacial score (nSPS) is 14.3. The van der Waals surface area contributed by atoms with Crippen LogP contribution in [-0.2, 0) is 24.4 Å². The van der Waals surface area contributed by atoms with Crippen molar-refractivity contribution in [2.45, 2.75) is 32.5 Å². The number of likely N-dealkylation sites (tertiary alicyclic amines) is 1. The molecule has 2 aromatic rings. The molecule has 1 aliphatic heterocycles. The zero-order valence-corrected chi connectivity index (χ0v) is 18.1. The van der Waals surface area contributed by atoms with Crippen LogP contribution < -0.4 is 10.6 Å². The van der Waals surface area contributed by atoms with Crippen molar-refractivity contribution in [2.24, 2.45) is 4.99 Å². The summed E-state index contributed by atoms with van der Waals surface area (Å²) in [4.78, 5) is 19.3. The molecule has 7 heteroatoms. The SMILES string of the molecule is CN=C(NCc1cccc(CN2CCCC2=O)c1)NCc1cccs1.I. The summed E-state index contributed by atoms with van der Waals surface area (Å²) in [5.74, 6) is 1.05. The maximum absolute atomic E-state index is 11.8. The predicted molar refractivity (Wildman–Crippen MR) is 118 cm³/mol. The van der Waals surface area contributed by atoms with E-state index < -0.39 is 0 Å². The third kappa shape index (κ3) is 5.98. The zero-order valence-electron chi connectivity index (χ0n) is 14.9. The van der Waals surface area contributed by atoms with Gasteiger partial charge >= 0.3 is 0 Å². The van der Waals surface area contributed by atoms with Gasteiger partial charge in [0.2, 0.25) is 5.91 Å². The lowest BCUT2D eigenvalue weighted by atomic mass is 10.1. The first-order chi connectivity index (χ1) is 12.2. The molecule has 5 nitrogen and oxygen atoms in total. The Morgan fingerprint density at radius 2 is 2.00 bits per heavy atom. The van der Waals surface area contributed by atoms with Gasteiger partial charge in [0.15, 0.2) is 5.96 Å². The lowest BCUT2D eigenvalue weighted by molar-refractivity contribution is -0.128. The zero-order chi connectivity index (χ0) is 17.5. The molecule has 26 heavy (non-hydrogen) atoms. The Hall–Kier alpha value is -1.61. The molecule has 1 aliphatic rings. The molecular weight excluding hydrogens is 459 g/mol. The number of rotatable bonds is 6. The van der Waals surface area contributed by atoms with Crippen molar-refractivity contribution in [3.05, 3.63) is 57.8 Å². The summed E-state index contributed by atoms with van der Waals surface area (Å²) in [6.45, 7) is 3.05. The van der Waals surface area contributed by atoms with Crippen LogP contribution in [-0.4, -0.2) is 30.4 Å². The minimum Gasteiger partial charge on any atom is -0.352 e. The van der Waals surface area contributed by atoms with E-state index in [1.165, 1.54) is 16.0 Å². The Kier molecular flexibility index (Phi) is 8.37. The molecule has 1 aromatic carbocycles. The lowest BCUT2D eigenvalue weighted by Gasteiger charge is -2.16. The van der Waals surface area contributed by atoms with Crippen LogP contribution in [0, 0.1) is 0 Å². The quantitative estimate of drug-likeness (QED) is 0.376. The van der Waals surface area contributed by atoms with Crippen LogP contribution in [0.5, 0.6) is 0 Å². The second-order valence-corrected chi connectivity index (χ2v) is 7.13. The van der Waals surface area contributed by atoms with E-state index >= 15 is 0 Å². The Morgan fingerprint density at radius 3 is 2.69 bits per heavy atom. The average molecular weight is 484 g/mol. The highest BCUT2D eigenvalue weighted by atomic mass is 127. The maximum atomic E-state index is 11.8. The van der Waals surface area contributed by atoms with Crippen LogP contribution in [0.2, 0.25) is 0 Å². The summed E-state index contributed by atoms with van der Waals surface area (Å²) in [7, 11) is 1.78. The smallest absolute Gasteiger partial charge is 0.222 e. The first-order valence-electron chi connectivity index (χ1n) is 8.57. The number of nitrogens with one attached hydrogen (secondary N) is 2. The summed E-state index contributed by atoms with van der Waals surface area (Å²) >= 11 is 1.73. The van der Waals surface area contributed by atoms with Crippen molar-refractivity contribution in [1.82, 2.24) is 15.5 Å². The van der Waals surface area contributed by atoms with Crippen molar-refractivity contribution in [1.29, 1.82) is 0 Å². The topological polar surface area (TPSA) is 56.7 Å². The summed E-state index contributed by atoms with van der Waals surface area (Å²) in [5, 5.41) is 8.73. The van der Waals surface area contributed by atoms with Crippen molar-refractivity contribution in [3.63, 3.8) is 0 Å². The fourth-order valence-electron chi connectivity index (χ4n) is 2.92. The first-order valence-corrected chi connectivity index (χ1v) is 9.45. The monoisotopic (exact) mass is 484 g/mol. The molecule has 0 aliphatic carbocycles. The van der Waals surface area contributed by atoms with E-state index in [0.717, 1.165) is 25.5 Å². The number of carbonyl (C=O) groups excluding carboxylic acids is 1. The highest BCUT2D eigenvalue weighted by molar-refractivity contribution is 14.0. The van der Waals surface area contributed by atoms with E-state index in [1.807, 2.05) is 4.90 Å². The highest BCUT2D eigenvalue weighted by Crippen LogP contribution is 2.15. The van der Waals surface area contributed by atoms with E-state index in [4.69, 9.17) is 0 Å². The lowest BCUT2D eigenvalue weighted by Crippen LogP contribution is -2.36. The molecule has 0 radical (unpaired) electrons. The Bertz CT molecular complexity index is 733. The van der Waals surface area contributed by atoms with Gasteiger partial charge in [-0.15, -0.1) is 35.3 Å². The molecule has 1 saturated heterocycles. The second-order valence-electron chi connectivity index (χ2n) is 6.10. The number of amides is 1. The average Bonchev–Trinajstić information content (AvgIpc) is 3.28. The fourth-order valence-corrected chi connectivity index (χ4v) is 3.56. The van der Waals surface area contributed by atoms with Gasteiger partial charge in [-0.25, -0.2) is 0 Å². The van der Waals surface area contributed by atoms with Crippen LogP contribution in [0.25, 0.3) is 0 Å². The maximum Gasteiger partial charge on any atom is 0.222 e. The van der Waals surface area contributed by atoms with Gasteiger partial charge in [0, 0.05) is 38.0 Å². The molecule has 0 unspecified atom stereocenters. The van der Waals surface area contributed by atoms with Gasteiger partial charge in [0.25, 0.3) is 0 Å². The Morgan fingerprint density at radius 1 is 1.19 bits per heavy atom. The number of carbonyl (C=O) groups is 1. The number of nitrogens with zero attached hydrogens (tertiary/aromatic N) is 2. The standard InChI is InChI=1S/C19H24N4OS.HI/c1-20-19(22-13-17-7-4-10-25-17)21-12-15-5-2-6-16(11-15)14-23-9-3-8-18(23)24;/h2,4-7,10-11H,3,8-9,12-14H2,1H3,(H2,20,21,22);1H. The minimum absolute atomic E-state index is 0. The highest BCUT2D eigenvalue weighted by Gasteiger charge is 2.19. The van der Waals surface area contributed by atoms with Gasteiger partial charge in [-0.3, -0.25) is 9.79 Å². The van der Waals surface area contributed by atoms with Gasteiger partial charge in [0.1, 0.15) is 0 Å². The molecule has 3 rings (SSSR count). The number of hydrogen-bond donors (Lipinski definition) is 2. The molecular formula is C19H25IN4OS. The van der Waals surface area contributed by atoms with E-state index in [2.05, 4.69) is 57.4 Å². The number of hydrogen-bond acceptors (Lipinski definition) is 3. The number of thiophene rings is 1.